The van der Waals surface area contributed by atoms with Crippen LogP contribution in [0.25, 0.3) is 0 Å². The fourth-order valence-electron chi connectivity index (χ4n) is 2.56. The van der Waals surface area contributed by atoms with Crippen LogP contribution in [0, 0.1) is 5.41 Å². The molecular weight excluding hydrogens is 248 g/mol. The first-order valence-electron chi connectivity index (χ1n) is 8.18. The predicted octanol–water partition coefficient (Wildman–Crippen LogP) is 2.46. The third-order valence-corrected chi connectivity index (χ3v) is 3.79. The summed E-state index contributed by atoms with van der Waals surface area (Å²) in [5, 5.41) is 6.81. The van der Waals surface area contributed by atoms with Crippen molar-refractivity contribution in [3.8, 4) is 0 Å². The monoisotopic (exact) mass is 282 g/mol. The number of rotatable bonds is 6. The normalized spacial score (nSPS) is 18.1. The van der Waals surface area contributed by atoms with Gasteiger partial charge < -0.3 is 15.5 Å². The fourth-order valence-corrected chi connectivity index (χ4v) is 2.56. The molecule has 1 rings (SSSR count). The molecular formula is C16H34N4. The van der Waals surface area contributed by atoms with Crippen LogP contribution in [0.15, 0.2) is 4.99 Å². The molecule has 0 spiro atoms. The molecule has 0 aromatic rings. The maximum atomic E-state index is 4.28. The lowest BCUT2D eigenvalue weighted by atomic mass is 9.91. The van der Waals surface area contributed by atoms with Gasteiger partial charge in [-0.05, 0) is 44.2 Å². The Morgan fingerprint density at radius 2 is 1.70 bits per heavy atom. The zero-order valence-corrected chi connectivity index (χ0v) is 14.0. The van der Waals surface area contributed by atoms with Gasteiger partial charge in [-0.3, -0.25) is 4.99 Å². The highest BCUT2D eigenvalue weighted by Gasteiger charge is 2.10. The summed E-state index contributed by atoms with van der Waals surface area (Å²) in [7, 11) is 1.85. The van der Waals surface area contributed by atoms with E-state index in [2.05, 4.69) is 41.3 Å². The van der Waals surface area contributed by atoms with Crippen molar-refractivity contribution < 1.29 is 0 Å². The van der Waals surface area contributed by atoms with Crippen molar-refractivity contribution in [2.45, 2.75) is 52.9 Å². The Bertz CT molecular complexity index is 275. The van der Waals surface area contributed by atoms with Crippen LogP contribution in [0.2, 0.25) is 0 Å². The number of hydrogen-bond acceptors (Lipinski definition) is 2. The molecule has 0 aromatic carbocycles. The van der Waals surface area contributed by atoms with Crippen LogP contribution in [0.1, 0.15) is 52.9 Å². The van der Waals surface area contributed by atoms with Gasteiger partial charge in [0.15, 0.2) is 5.96 Å². The Kier molecular flexibility index (Phi) is 7.97. The number of aliphatic imine (C=N–C) groups is 1. The first-order chi connectivity index (χ1) is 9.51. The van der Waals surface area contributed by atoms with Crippen LogP contribution in [0.4, 0.5) is 0 Å². The van der Waals surface area contributed by atoms with E-state index in [0.29, 0.717) is 5.41 Å². The highest BCUT2D eigenvalue weighted by atomic mass is 15.2. The molecule has 4 nitrogen and oxygen atoms in total. The van der Waals surface area contributed by atoms with Crippen molar-refractivity contribution in [3.05, 3.63) is 0 Å². The SMILES string of the molecule is CN=C(NCCCC(C)(C)C)NCCN1CCCCC1. The van der Waals surface area contributed by atoms with Gasteiger partial charge in [0, 0.05) is 26.7 Å². The van der Waals surface area contributed by atoms with Gasteiger partial charge in [0.1, 0.15) is 0 Å². The van der Waals surface area contributed by atoms with Gasteiger partial charge >= 0.3 is 0 Å². The minimum Gasteiger partial charge on any atom is -0.356 e. The lowest BCUT2D eigenvalue weighted by Gasteiger charge is -2.26. The Balaban J connectivity index is 2.07. The Labute approximate surface area is 125 Å². The van der Waals surface area contributed by atoms with E-state index < -0.39 is 0 Å². The molecule has 1 fully saturated rings. The largest absolute Gasteiger partial charge is 0.356 e. The second-order valence-electron chi connectivity index (χ2n) is 6.99. The highest BCUT2D eigenvalue weighted by molar-refractivity contribution is 5.79. The molecule has 2 N–H and O–H groups in total. The molecule has 1 saturated heterocycles. The first-order valence-corrected chi connectivity index (χ1v) is 8.18. The maximum absolute atomic E-state index is 4.28. The van der Waals surface area contributed by atoms with Crippen molar-refractivity contribution in [1.29, 1.82) is 0 Å². The van der Waals surface area contributed by atoms with Crippen molar-refractivity contribution >= 4 is 5.96 Å². The van der Waals surface area contributed by atoms with E-state index in [9.17, 15) is 0 Å². The van der Waals surface area contributed by atoms with Crippen LogP contribution in [-0.4, -0.2) is 50.6 Å². The summed E-state index contributed by atoms with van der Waals surface area (Å²) >= 11 is 0. The van der Waals surface area contributed by atoms with Crippen LogP contribution < -0.4 is 10.6 Å². The van der Waals surface area contributed by atoms with Gasteiger partial charge in [-0.1, -0.05) is 27.2 Å². The lowest BCUT2D eigenvalue weighted by Crippen LogP contribution is -2.43. The number of piperidine rings is 1. The van der Waals surface area contributed by atoms with E-state index in [1.807, 2.05) is 7.05 Å². The molecule has 0 aromatic heterocycles. The standard InChI is InChI=1S/C16H34N4/c1-16(2,3)9-8-10-18-15(17-4)19-11-14-20-12-6-5-7-13-20/h5-14H2,1-4H3,(H2,17,18,19). The van der Waals surface area contributed by atoms with E-state index in [1.54, 1.807) is 0 Å². The molecule has 118 valence electrons. The molecule has 0 atom stereocenters. The quantitative estimate of drug-likeness (QED) is 0.447. The van der Waals surface area contributed by atoms with Gasteiger partial charge in [0.2, 0.25) is 0 Å². The van der Waals surface area contributed by atoms with Crippen LogP contribution in [0.5, 0.6) is 0 Å². The Morgan fingerprint density at radius 1 is 1.05 bits per heavy atom. The van der Waals surface area contributed by atoms with Crippen LogP contribution >= 0.6 is 0 Å². The molecule has 0 saturated carbocycles. The third kappa shape index (κ3) is 8.41. The molecule has 1 aliphatic rings. The molecule has 0 amide bonds. The van der Waals surface area contributed by atoms with Gasteiger partial charge in [-0.2, -0.15) is 0 Å². The predicted molar refractivity (Wildman–Crippen MR) is 88.3 cm³/mol. The fraction of sp³-hybridized carbons (Fsp3) is 0.938. The molecule has 0 bridgehead atoms. The average molecular weight is 282 g/mol. The summed E-state index contributed by atoms with van der Waals surface area (Å²) in [6.07, 6.45) is 6.56. The number of nitrogens with zero attached hydrogens (tertiary/aromatic N) is 2. The molecule has 20 heavy (non-hydrogen) atoms. The van der Waals surface area contributed by atoms with Crippen LogP contribution in [-0.2, 0) is 0 Å². The van der Waals surface area contributed by atoms with Crippen molar-refractivity contribution in [2.75, 3.05) is 39.8 Å². The molecule has 1 aliphatic heterocycles. The molecule has 0 radical (unpaired) electrons. The lowest BCUT2D eigenvalue weighted by molar-refractivity contribution is 0.232. The maximum Gasteiger partial charge on any atom is 0.191 e. The third-order valence-electron chi connectivity index (χ3n) is 3.79. The average Bonchev–Trinajstić information content (AvgIpc) is 2.41. The van der Waals surface area contributed by atoms with E-state index in [-0.39, 0.29) is 0 Å². The van der Waals surface area contributed by atoms with Gasteiger partial charge in [-0.25, -0.2) is 0 Å². The Hall–Kier alpha value is -0.770. The topological polar surface area (TPSA) is 39.7 Å². The second kappa shape index (κ2) is 9.22. The number of guanidine groups is 1. The summed E-state index contributed by atoms with van der Waals surface area (Å²) in [4.78, 5) is 6.83. The molecule has 0 aliphatic carbocycles. The summed E-state index contributed by atoms with van der Waals surface area (Å²) in [5.41, 5.74) is 0.424. The minimum absolute atomic E-state index is 0.424. The summed E-state index contributed by atoms with van der Waals surface area (Å²) < 4.78 is 0. The van der Waals surface area contributed by atoms with Gasteiger partial charge in [0.05, 0.1) is 0 Å². The second-order valence-corrected chi connectivity index (χ2v) is 6.99. The molecule has 0 unspecified atom stereocenters. The summed E-state index contributed by atoms with van der Waals surface area (Å²) in [6, 6.07) is 0. The van der Waals surface area contributed by atoms with E-state index >= 15 is 0 Å². The van der Waals surface area contributed by atoms with Crippen molar-refractivity contribution in [2.24, 2.45) is 10.4 Å². The Morgan fingerprint density at radius 3 is 2.30 bits per heavy atom. The van der Waals surface area contributed by atoms with Gasteiger partial charge in [-0.15, -0.1) is 0 Å². The zero-order valence-electron chi connectivity index (χ0n) is 14.0. The molecule has 4 heteroatoms. The van der Waals surface area contributed by atoms with Crippen LogP contribution in [0.3, 0.4) is 0 Å². The summed E-state index contributed by atoms with van der Waals surface area (Å²) in [6.45, 7) is 12.5. The number of likely N-dealkylation sites (tertiary alicyclic amines) is 1. The number of nitrogens with one attached hydrogen (secondary N) is 2. The summed E-state index contributed by atoms with van der Waals surface area (Å²) in [5.74, 6) is 0.941. The number of hydrogen-bond donors (Lipinski definition) is 2. The van der Waals surface area contributed by atoms with E-state index in [0.717, 1.165) is 25.6 Å². The minimum atomic E-state index is 0.424. The smallest absolute Gasteiger partial charge is 0.191 e. The van der Waals surface area contributed by atoms with Gasteiger partial charge in [0.25, 0.3) is 0 Å². The van der Waals surface area contributed by atoms with Crippen molar-refractivity contribution in [3.63, 3.8) is 0 Å². The van der Waals surface area contributed by atoms with Crippen molar-refractivity contribution in [1.82, 2.24) is 15.5 Å². The van der Waals surface area contributed by atoms with E-state index in [1.165, 1.54) is 45.2 Å². The molecule has 1 heterocycles. The van der Waals surface area contributed by atoms with E-state index in [4.69, 9.17) is 0 Å². The first kappa shape index (κ1) is 17.3. The highest BCUT2D eigenvalue weighted by Crippen LogP contribution is 2.19. The zero-order chi connectivity index (χ0) is 14.8.